The number of nitrogens with zero attached hydrogens (tertiary/aromatic N) is 1. The van der Waals surface area contributed by atoms with Gasteiger partial charge in [-0.1, -0.05) is 30.3 Å². The number of aromatic amines is 1. The molecule has 0 aliphatic carbocycles. The molecule has 0 saturated carbocycles. The second kappa shape index (κ2) is 9.91. The second-order valence-corrected chi connectivity index (χ2v) is 7.36. The number of nitrogens with one attached hydrogen (secondary N) is 2. The maximum atomic E-state index is 12.7. The number of rotatable bonds is 8. The molecule has 1 amide bonds. The molecule has 3 aromatic carbocycles. The average Bonchev–Trinajstić information content (AvgIpc) is 3.37. The summed E-state index contributed by atoms with van der Waals surface area (Å²) in [6, 6.07) is 20.8. The van der Waals surface area contributed by atoms with Crippen molar-refractivity contribution in [2.45, 2.75) is 6.54 Å². The van der Waals surface area contributed by atoms with Crippen LogP contribution in [0.4, 0.5) is 0 Å². The third kappa shape index (κ3) is 5.15. The first-order chi connectivity index (χ1) is 16.1. The van der Waals surface area contributed by atoms with Gasteiger partial charge in [-0.05, 0) is 35.9 Å². The molecule has 2 N–H and O–H groups in total. The normalized spacial score (nSPS) is 10.5. The lowest BCUT2D eigenvalue weighted by atomic mass is 10.1. The minimum Gasteiger partial charge on any atom is -0.497 e. The third-order valence-corrected chi connectivity index (χ3v) is 5.22. The first-order valence-electron chi connectivity index (χ1n) is 10.4. The first kappa shape index (κ1) is 22.0. The molecule has 4 aromatic rings. The van der Waals surface area contributed by atoms with Crippen LogP contribution in [0, 0.1) is 0 Å². The number of ether oxygens (including phenoxy) is 3. The van der Waals surface area contributed by atoms with Crippen LogP contribution in [0.15, 0.2) is 72.9 Å². The van der Waals surface area contributed by atoms with E-state index in [4.69, 9.17) is 14.2 Å². The van der Waals surface area contributed by atoms with Crippen molar-refractivity contribution in [2.75, 3.05) is 21.3 Å². The lowest BCUT2D eigenvalue weighted by Gasteiger charge is -2.10. The van der Waals surface area contributed by atoms with Gasteiger partial charge in [0, 0.05) is 29.3 Å². The maximum absolute atomic E-state index is 12.7. The van der Waals surface area contributed by atoms with Gasteiger partial charge in [-0.15, -0.1) is 0 Å². The number of amides is 1. The molecule has 0 aliphatic heterocycles. The highest BCUT2D eigenvalue weighted by molar-refractivity contribution is 5.95. The molecule has 0 radical (unpaired) electrons. The van der Waals surface area contributed by atoms with Crippen molar-refractivity contribution in [1.29, 1.82) is 0 Å². The number of H-pyrrole nitrogens is 1. The molecule has 4 rings (SSSR count). The number of carbonyl (C=O) groups excluding carboxylic acids is 1. The molecule has 33 heavy (non-hydrogen) atoms. The van der Waals surface area contributed by atoms with E-state index >= 15 is 0 Å². The molecular formula is C26H25N3O4. The molecule has 1 heterocycles. The van der Waals surface area contributed by atoms with Gasteiger partial charge in [-0.25, -0.2) is 4.98 Å². The van der Waals surface area contributed by atoms with Gasteiger partial charge in [0.15, 0.2) is 0 Å². The summed E-state index contributed by atoms with van der Waals surface area (Å²) >= 11 is 0. The number of aromatic nitrogens is 2. The van der Waals surface area contributed by atoms with Crippen molar-refractivity contribution in [3.8, 4) is 39.9 Å². The van der Waals surface area contributed by atoms with Gasteiger partial charge in [0.05, 0.1) is 33.2 Å². The molecule has 7 heteroatoms. The van der Waals surface area contributed by atoms with Crippen molar-refractivity contribution in [3.63, 3.8) is 0 Å². The summed E-state index contributed by atoms with van der Waals surface area (Å²) in [6.45, 7) is 0.371. The van der Waals surface area contributed by atoms with E-state index in [9.17, 15) is 4.79 Å². The smallest absolute Gasteiger partial charge is 0.251 e. The quantitative estimate of drug-likeness (QED) is 0.412. The van der Waals surface area contributed by atoms with Crippen LogP contribution in [0.3, 0.4) is 0 Å². The summed E-state index contributed by atoms with van der Waals surface area (Å²) in [5, 5.41) is 2.95. The van der Waals surface area contributed by atoms with Gasteiger partial charge in [0.2, 0.25) is 0 Å². The summed E-state index contributed by atoms with van der Waals surface area (Å²) in [5.74, 6) is 2.45. The zero-order valence-electron chi connectivity index (χ0n) is 18.7. The summed E-state index contributed by atoms with van der Waals surface area (Å²) in [4.78, 5) is 20.6. The summed E-state index contributed by atoms with van der Waals surface area (Å²) in [7, 11) is 4.75. The fourth-order valence-electron chi connectivity index (χ4n) is 3.46. The predicted molar refractivity (Wildman–Crippen MR) is 127 cm³/mol. The molecule has 7 nitrogen and oxygen atoms in total. The van der Waals surface area contributed by atoms with Gasteiger partial charge in [0.25, 0.3) is 5.91 Å². The number of carbonyl (C=O) groups is 1. The fraction of sp³-hybridized carbons (Fsp3) is 0.154. The molecular weight excluding hydrogens is 418 g/mol. The topological polar surface area (TPSA) is 85.5 Å². The van der Waals surface area contributed by atoms with E-state index in [1.54, 1.807) is 45.7 Å². The number of benzene rings is 3. The zero-order chi connectivity index (χ0) is 23.2. The predicted octanol–water partition coefficient (Wildman–Crippen LogP) is 4.70. The van der Waals surface area contributed by atoms with Crippen LogP contribution in [0.5, 0.6) is 17.2 Å². The molecule has 0 aliphatic rings. The Kier molecular flexibility index (Phi) is 6.59. The van der Waals surface area contributed by atoms with Gasteiger partial charge in [-0.2, -0.15) is 0 Å². The number of hydrogen-bond acceptors (Lipinski definition) is 5. The van der Waals surface area contributed by atoms with E-state index in [1.165, 1.54) is 0 Å². The van der Waals surface area contributed by atoms with Crippen LogP contribution in [0.1, 0.15) is 15.9 Å². The van der Waals surface area contributed by atoms with E-state index in [2.05, 4.69) is 15.3 Å². The maximum Gasteiger partial charge on any atom is 0.251 e. The largest absolute Gasteiger partial charge is 0.497 e. The Hall–Kier alpha value is -4.26. The second-order valence-electron chi connectivity index (χ2n) is 7.36. The lowest BCUT2D eigenvalue weighted by molar-refractivity contribution is 0.0950. The van der Waals surface area contributed by atoms with Gasteiger partial charge < -0.3 is 24.5 Å². The zero-order valence-corrected chi connectivity index (χ0v) is 18.7. The average molecular weight is 444 g/mol. The Morgan fingerprint density at radius 3 is 2.27 bits per heavy atom. The number of hydrogen-bond donors (Lipinski definition) is 2. The standard InChI is InChI=1S/C26H25N3O4/c1-31-21-9-5-7-18(11-21)24-16-27-25(29-24)19-8-4-6-17(10-19)15-28-26(30)20-12-22(32-2)14-23(13-20)33-3/h4-14,16H,15H2,1-3H3,(H,27,29)(H,28,30). The molecule has 0 atom stereocenters. The molecule has 1 aromatic heterocycles. The molecule has 0 unspecified atom stereocenters. The highest BCUT2D eigenvalue weighted by Crippen LogP contribution is 2.26. The summed E-state index contributed by atoms with van der Waals surface area (Å²) in [5.41, 5.74) is 4.24. The Bertz CT molecular complexity index is 1240. The van der Waals surface area contributed by atoms with Crippen molar-refractivity contribution in [1.82, 2.24) is 15.3 Å². The Morgan fingerprint density at radius 2 is 1.55 bits per heavy atom. The third-order valence-electron chi connectivity index (χ3n) is 5.22. The fourth-order valence-corrected chi connectivity index (χ4v) is 3.46. The van der Waals surface area contributed by atoms with Crippen LogP contribution in [-0.2, 0) is 6.54 Å². The number of methoxy groups -OCH3 is 3. The number of imidazole rings is 1. The molecule has 0 bridgehead atoms. The summed E-state index contributed by atoms with van der Waals surface area (Å²) in [6.07, 6.45) is 1.80. The monoisotopic (exact) mass is 443 g/mol. The highest BCUT2D eigenvalue weighted by Gasteiger charge is 2.11. The Labute approximate surface area is 192 Å². The van der Waals surface area contributed by atoms with Crippen molar-refractivity contribution in [2.24, 2.45) is 0 Å². The van der Waals surface area contributed by atoms with E-state index in [0.717, 1.165) is 34.0 Å². The molecule has 0 fully saturated rings. The van der Waals surface area contributed by atoms with E-state index in [0.29, 0.717) is 23.6 Å². The van der Waals surface area contributed by atoms with E-state index in [-0.39, 0.29) is 5.91 Å². The minimum absolute atomic E-state index is 0.212. The van der Waals surface area contributed by atoms with Gasteiger partial charge in [0.1, 0.15) is 23.1 Å². The van der Waals surface area contributed by atoms with Crippen LogP contribution in [0.25, 0.3) is 22.6 Å². The summed E-state index contributed by atoms with van der Waals surface area (Å²) < 4.78 is 15.8. The molecule has 168 valence electrons. The molecule has 0 spiro atoms. The highest BCUT2D eigenvalue weighted by atomic mass is 16.5. The van der Waals surface area contributed by atoms with Crippen LogP contribution in [-0.4, -0.2) is 37.2 Å². The minimum atomic E-state index is -0.212. The van der Waals surface area contributed by atoms with Crippen molar-refractivity contribution < 1.29 is 19.0 Å². The Morgan fingerprint density at radius 1 is 0.848 bits per heavy atom. The van der Waals surface area contributed by atoms with Crippen LogP contribution < -0.4 is 19.5 Å². The van der Waals surface area contributed by atoms with Crippen molar-refractivity contribution >= 4 is 5.91 Å². The van der Waals surface area contributed by atoms with Crippen LogP contribution >= 0.6 is 0 Å². The van der Waals surface area contributed by atoms with Gasteiger partial charge in [-0.3, -0.25) is 4.79 Å². The molecule has 0 saturated heterocycles. The SMILES string of the molecule is COc1cc(OC)cc(C(=O)NCc2cccc(-c3ncc(-c4cccc(OC)c4)[nH]3)c2)c1. The van der Waals surface area contributed by atoms with Crippen molar-refractivity contribution in [3.05, 3.63) is 84.1 Å². The van der Waals surface area contributed by atoms with E-state index in [1.807, 2.05) is 48.5 Å². The van der Waals surface area contributed by atoms with E-state index < -0.39 is 0 Å². The van der Waals surface area contributed by atoms with Gasteiger partial charge >= 0.3 is 0 Å². The Balaban J connectivity index is 1.48. The lowest BCUT2D eigenvalue weighted by Crippen LogP contribution is -2.22. The van der Waals surface area contributed by atoms with Crippen LogP contribution in [0.2, 0.25) is 0 Å². The first-order valence-corrected chi connectivity index (χ1v) is 10.4.